The Kier molecular flexibility index (Phi) is 10.3. The van der Waals surface area contributed by atoms with Crippen LogP contribution in [0.15, 0.2) is 30.3 Å². The highest BCUT2D eigenvalue weighted by Gasteiger charge is 2.35. The molecule has 152 valence electrons. The third-order valence-electron chi connectivity index (χ3n) is 3.24. The van der Waals surface area contributed by atoms with Crippen molar-refractivity contribution in [2.75, 3.05) is 19.6 Å². The van der Waals surface area contributed by atoms with Crippen molar-refractivity contribution in [1.82, 2.24) is 0 Å². The molecule has 0 aliphatic heterocycles. The van der Waals surface area contributed by atoms with Gasteiger partial charge in [0.15, 0.2) is 12.2 Å². The topological polar surface area (TPSA) is 97.4 Å². The van der Waals surface area contributed by atoms with Gasteiger partial charge >= 0.3 is 19.5 Å². The lowest BCUT2D eigenvalue weighted by Crippen LogP contribution is -2.27. The van der Waals surface area contributed by atoms with Gasteiger partial charge < -0.3 is 14.2 Å². The van der Waals surface area contributed by atoms with Gasteiger partial charge in [-0.25, -0.2) is 9.59 Å². The molecule has 0 heterocycles. The first-order chi connectivity index (χ1) is 12.8. The number of carbonyl (C=O) groups excluding carboxylic acids is 2. The molecule has 27 heavy (non-hydrogen) atoms. The van der Waals surface area contributed by atoms with Gasteiger partial charge in [0.1, 0.15) is 6.35 Å². The summed E-state index contributed by atoms with van der Waals surface area (Å²) in [6, 6.07) is 9.24. The Morgan fingerprint density at radius 1 is 0.926 bits per heavy atom. The first-order valence-electron chi connectivity index (χ1n) is 8.72. The van der Waals surface area contributed by atoms with E-state index in [0.29, 0.717) is 0 Å². The second kappa shape index (κ2) is 11.9. The molecule has 0 unspecified atom stereocenters. The van der Waals surface area contributed by atoms with Crippen LogP contribution in [-0.4, -0.2) is 43.7 Å². The molecule has 0 aromatic heterocycles. The van der Waals surface area contributed by atoms with Gasteiger partial charge in [0.2, 0.25) is 0 Å². The Bertz CT molecular complexity index is 604. The SMILES string of the molecule is CCOC(=O)[C@H](C)OP(=O)(COCc1ccccc1)O[C@@H](C)C(=O)OCC. The standard InChI is InChI=1S/C18H27O8P/c1-5-23-17(19)14(3)25-27(21,26-15(4)18(20)24-6-2)13-22-12-16-10-8-7-9-11-16/h7-11,14-15H,5-6,12-13H2,1-4H3/t14-,15-/m0/s1. The van der Waals surface area contributed by atoms with Gasteiger partial charge in [-0.15, -0.1) is 0 Å². The number of esters is 2. The minimum absolute atomic E-state index is 0.154. The van der Waals surface area contributed by atoms with Crippen molar-refractivity contribution in [3.63, 3.8) is 0 Å². The third-order valence-corrected chi connectivity index (χ3v) is 5.01. The molecule has 0 saturated heterocycles. The van der Waals surface area contributed by atoms with Crippen LogP contribution in [0.3, 0.4) is 0 Å². The smallest absolute Gasteiger partial charge is 0.357 e. The van der Waals surface area contributed by atoms with Crippen molar-refractivity contribution in [2.45, 2.75) is 46.5 Å². The molecular weight excluding hydrogens is 375 g/mol. The molecule has 0 aliphatic rings. The lowest BCUT2D eigenvalue weighted by atomic mass is 10.2. The van der Waals surface area contributed by atoms with E-state index in [4.69, 9.17) is 23.3 Å². The van der Waals surface area contributed by atoms with E-state index >= 15 is 0 Å². The molecule has 0 fully saturated rings. The molecule has 0 spiro atoms. The van der Waals surface area contributed by atoms with Gasteiger partial charge in [0.25, 0.3) is 0 Å². The maximum Gasteiger partial charge on any atom is 0.357 e. The zero-order valence-electron chi connectivity index (χ0n) is 16.1. The Balaban J connectivity index is 2.78. The lowest BCUT2D eigenvalue weighted by molar-refractivity contribution is -0.152. The number of ether oxygens (including phenoxy) is 3. The number of benzene rings is 1. The molecule has 1 aromatic rings. The molecule has 0 amide bonds. The van der Waals surface area contributed by atoms with Crippen LogP contribution in [-0.2, 0) is 44.0 Å². The van der Waals surface area contributed by atoms with Crippen LogP contribution < -0.4 is 0 Å². The van der Waals surface area contributed by atoms with E-state index in [1.54, 1.807) is 13.8 Å². The average Bonchev–Trinajstić information content (AvgIpc) is 2.62. The van der Waals surface area contributed by atoms with Crippen LogP contribution in [0.25, 0.3) is 0 Å². The Labute approximate surface area is 159 Å². The van der Waals surface area contributed by atoms with Crippen LogP contribution in [0.4, 0.5) is 0 Å². The fourth-order valence-electron chi connectivity index (χ4n) is 2.02. The zero-order chi connectivity index (χ0) is 20.3. The molecule has 0 aliphatic carbocycles. The molecule has 0 bridgehead atoms. The number of rotatable bonds is 12. The molecule has 8 nitrogen and oxygen atoms in total. The zero-order valence-corrected chi connectivity index (χ0v) is 17.0. The summed E-state index contributed by atoms with van der Waals surface area (Å²) in [5.74, 6) is -1.37. The second-order valence-electron chi connectivity index (χ2n) is 5.57. The Hall–Kier alpha value is -1.73. The van der Waals surface area contributed by atoms with Crippen LogP contribution in [0, 0.1) is 0 Å². The van der Waals surface area contributed by atoms with Crippen LogP contribution in [0.2, 0.25) is 0 Å². The number of hydrogen-bond donors (Lipinski definition) is 0. The van der Waals surface area contributed by atoms with Crippen LogP contribution in [0.1, 0.15) is 33.3 Å². The van der Waals surface area contributed by atoms with Gasteiger partial charge in [-0.05, 0) is 33.3 Å². The van der Waals surface area contributed by atoms with Gasteiger partial charge in [-0.3, -0.25) is 13.6 Å². The first kappa shape index (κ1) is 23.3. The van der Waals surface area contributed by atoms with E-state index in [9.17, 15) is 14.2 Å². The summed E-state index contributed by atoms with van der Waals surface area (Å²) in [4.78, 5) is 23.6. The summed E-state index contributed by atoms with van der Waals surface area (Å²) >= 11 is 0. The van der Waals surface area contributed by atoms with Gasteiger partial charge in [0, 0.05) is 0 Å². The van der Waals surface area contributed by atoms with E-state index in [0.717, 1.165) is 5.56 Å². The minimum atomic E-state index is -3.95. The molecule has 1 aromatic carbocycles. The maximum absolute atomic E-state index is 13.1. The third kappa shape index (κ3) is 8.67. The van der Waals surface area contributed by atoms with Crippen molar-refractivity contribution in [3.05, 3.63) is 35.9 Å². The molecule has 9 heteroatoms. The Morgan fingerprint density at radius 2 is 1.41 bits per heavy atom. The monoisotopic (exact) mass is 402 g/mol. The summed E-state index contributed by atoms with van der Waals surface area (Å²) in [7, 11) is -3.95. The van der Waals surface area contributed by atoms with E-state index in [1.165, 1.54) is 13.8 Å². The predicted molar refractivity (Wildman–Crippen MR) is 98.1 cm³/mol. The molecule has 0 saturated carbocycles. The van der Waals surface area contributed by atoms with E-state index in [1.807, 2.05) is 30.3 Å². The summed E-state index contributed by atoms with van der Waals surface area (Å²) in [6.07, 6.45) is -2.73. The first-order valence-corrected chi connectivity index (χ1v) is 10.4. The lowest BCUT2D eigenvalue weighted by Gasteiger charge is -2.24. The van der Waals surface area contributed by atoms with Crippen molar-refractivity contribution in [1.29, 1.82) is 0 Å². The summed E-state index contributed by atoms with van der Waals surface area (Å²) in [5.41, 5.74) is 0.862. The normalized spacial score (nSPS) is 13.6. The van der Waals surface area contributed by atoms with Crippen LogP contribution in [0.5, 0.6) is 0 Å². The second-order valence-corrected chi connectivity index (χ2v) is 7.48. The van der Waals surface area contributed by atoms with Crippen molar-refractivity contribution >= 4 is 19.5 Å². The van der Waals surface area contributed by atoms with Crippen molar-refractivity contribution in [3.8, 4) is 0 Å². The highest BCUT2D eigenvalue weighted by atomic mass is 31.2. The fourth-order valence-corrected chi connectivity index (χ4v) is 3.64. The molecule has 0 N–H and O–H groups in total. The summed E-state index contributed by atoms with van der Waals surface area (Å²) in [5, 5.41) is 0. The highest BCUT2D eigenvalue weighted by molar-refractivity contribution is 7.53. The molecular formula is C18H27O8P. The van der Waals surface area contributed by atoms with Crippen molar-refractivity contribution in [2.24, 2.45) is 0 Å². The minimum Gasteiger partial charge on any atom is -0.464 e. The number of hydrogen-bond acceptors (Lipinski definition) is 8. The van der Waals surface area contributed by atoms with E-state index in [-0.39, 0.29) is 19.8 Å². The van der Waals surface area contributed by atoms with Gasteiger partial charge in [-0.1, -0.05) is 30.3 Å². The molecule has 0 radical (unpaired) electrons. The maximum atomic E-state index is 13.1. The predicted octanol–water partition coefficient (Wildman–Crippen LogP) is 3.29. The summed E-state index contributed by atoms with van der Waals surface area (Å²) in [6.45, 7) is 6.54. The van der Waals surface area contributed by atoms with Gasteiger partial charge in [0.05, 0.1) is 19.8 Å². The van der Waals surface area contributed by atoms with Gasteiger partial charge in [-0.2, -0.15) is 0 Å². The average molecular weight is 402 g/mol. The van der Waals surface area contributed by atoms with Crippen molar-refractivity contribution < 1.29 is 37.4 Å². The van der Waals surface area contributed by atoms with E-state index in [2.05, 4.69) is 0 Å². The quantitative estimate of drug-likeness (QED) is 0.388. The largest absolute Gasteiger partial charge is 0.464 e. The highest BCUT2D eigenvalue weighted by Crippen LogP contribution is 2.50. The van der Waals surface area contributed by atoms with E-state index < -0.39 is 38.1 Å². The fraction of sp³-hybridized carbons (Fsp3) is 0.556. The summed E-state index contributed by atoms with van der Waals surface area (Å²) < 4.78 is 38.8. The molecule has 1 rings (SSSR count). The molecule has 2 atom stereocenters. The van der Waals surface area contributed by atoms with Crippen LogP contribution >= 0.6 is 7.60 Å². The number of carbonyl (C=O) groups is 2. The Morgan fingerprint density at radius 3 is 1.85 bits per heavy atom.